The highest BCUT2D eigenvalue weighted by atomic mass is 16.2. The summed E-state index contributed by atoms with van der Waals surface area (Å²) < 4.78 is 1.85. The number of carbonyl (C=O) groups excluding carboxylic acids is 2. The van der Waals surface area contributed by atoms with Gasteiger partial charge in [0, 0.05) is 12.0 Å². The zero-order valence-electron chi connectivity index (χ0n) is 20.7. The van der Waals surface area contributed by atoms with Gasteiger partial charge in [0.2, 0.25) is 5.91 Å². The molecular formula is C29H38N2O2. The molecule has 1 aliphatic carbocycles. The lowest BCUT2D eigenvalue weighted by molar-refractivity contribution is -0.113. The van der Waals surface area contributed by atoms with Crippen molar-refractivity contribution in [1.82, 2.24) is 9.55 Å². The van der Waals surface area contributed by atoms with E-state index in [1.54, 1.807) is 6.08 Å². The first-order chi connectivity index (χ1) is 15.9. The van der Waals surface area contributed by atoms with Gasteiger partial charge in [-0.05, 0) is 55.4 Å². The molecule has 4 nitrogen and oxygen atoms in total. The second kappa shape index (κ2) is 9.40. The van der Waals surface area contributed by atoms with E-state index in [-0.39, 0.29) is 17.1 Å². The number of carbonyl (C=O) groups is 2. The van der Waals surface area contributed by atoms with E-state index in [9.17, 15) is 9.59 Å². The molecule has 1 aromatic carbocycles. The molecule has 0 bridgehead atoms. The van der Waals surface area contributed by atoms with Crippen LogP contribution in [-0.2, 0) is 4.79 Å². The standard InChI is InChI=1S/C29H38N2O2/c1-5-8-17-29(18-9-6-2,19-10-7-3)28(4)23-16-15-21(32)20-22(23)26-30-24-13-11-12-14-25(24)31(26)27(28)33/h11-16H,5-10,17-20H2,1-4H3. The summed E-state index contributed by atoms with van der Waals surface area (Å²) in [7, 11) is 0. The van der Waals surface area contributed by atoms with Crippen LogP contribution in [0.1, 0.15) is 103 Å². The maximum Gasteiger partial charge on any atom is 0.243 e. The van der Waals surface area contributed by atoms with Crippen LogP contribution in [0.2, 0.25) is 0 Å². The Balaban J connectivity index is 2.01. The smallest absolute Gasteiger partial charge is 0.243 e. The molecule has 0 spiro atoms. The lowest BCUT2D eigenvalue weighted by atomic mass is 9.52. The maximum absolute atomic E-state index is 14.7. The van der Waals surface area contributed by atoms with Crippen molar-refractivity contribution in [2.75, 3.05) is 0 Å². The van der Waals surface area contributed by atoms with Crippen LogP contribution < -0.4 is 0 Å². The highest BCUT2D eigenvalue weighted by Gasteiger charge is 2.57. The van der Waals surface area contributed by atoms with Gasteiger partial charge >= 0.3 is 0 Å². The van der Waals surface area contributed by atoms with Crippen LogP contribution in [0, 0.1) is 10.8 Å². The fourth-order valence-electron chi connectivity index (χ4n) is 6.23. The van der Waals surface area contributed by atoms with Crippen LogP contribution >= 0.6 is 0 Å². The van der Waals surface area contributed by atoms with Gasteiger partial charge < -0.3 is 0 Å². The molecular weight excluding hydrogens is 408 g/mol. The van der Waals surface area contributed by atoms with E-state index < -0.39 is 5.41 Å². The fraction of sp³-hybridized carbons (Fsp3) is 0.552. The van der Waals surface area contributed by atoms with Crippen LogP contribution in [-0.4, -0.2) is 21.2 Å². The Morgan fingerprint density at radius 1 is 0.939 bits per heavy atom. The summed E-state index contributed by atoms with van der Waals surface area (Å²) in [5.74, 6) is 0.888. The number of hydrogen-bond donors (Lipinski definition) is 0. The summed E-state index contributed by atoms with van der Waals surface area (Å²) >= 11 is 0. The van der Waals surface area contributed by atoms with Crippen molar-refractivity contribution < 1.29 is 9.59 Å². The number of unbranched alkanes of at least 4 members (excludes halogenated alkanes) is 3. The van der Waals surface area contributed by atoms with Crippen molar-refractivity contribution in [2.24, 2.45) is 10.8 Å². The monoisotopic (exact) mass is 446 g/mol. The van der Waals surface area contributed by atoms with E-state index in [4.69, 9.17) is 4.98 Å². The Labute approximate surface area is 198 Å². The van der Waals surface area contributed by atoms with Crippen molar-refractivity contribution >= 4 is 28.3 Å². The quantitative estimate of drug-likeness (QED) is 0.379. The molecule has 0 saturated heterocycles. The number of rotatable bonds is 10. The lowest BCUT2D eigenvalue weighted by Crippen LogP contribution is -2.52. The van der Waals surface area contributed by atoms with Gasteiger partial charge in [-0.3, -0.25) is 14.2 Å². The molecule has 0 amide bonds. The summed E-state index contributed by atoms with van der Waals surface area (Å²) in [6.45, 7) is 8.89. The minimum atomic E-state index is -0.685. The highest BCUT2D eigenvalue weighted by molar-refractivity contribution is 6.09. The molecule has 1 unspecified atom stereocenters. The van der Waals surface area contributed by atoms with Crippen molar-refractivity contribution in [3.63, 3.8) is 0 Å². The molecule has 1 atom stereocenters. The third-order valence-corrected chi connectivity index (χ3v) is 8.20. The Morgan fingerprint density at radius 2 is 1.55 bits per heavy atom. The molecule has 0 fully saturated rings. The van der Waals surface area contributed by atoms with Gasteiger partial charge in [0.25, 0.3) is 0 Å². The van der Waals surface area contributed by atoms with Crippen LogP contribution in [0.15, 0.2) is 42.0 Å². The van der Waals surface area contributed by atoms with E-state index in [0.717, 1.165) is 80.0 Å². The average molecular weight is 447 g/mol. The van der Waals surface area contributed by atoms with E-state index in [2.05, 4.69) is 27.7 Å². The molecule has 4 rings (SSSR count). The zero-order chi connectivity index (χ0) is 23.6. The fourth-order valence-corrected chi connectivity index (χ4v) is 6.23. The number of para-hydroxylation sites is 2. The summed E-state index contributed by atoms with van der Waals surface area (Å²) in [4.78, 5) is 32.1. The lowest BCUT2D eigenvalue weighted by Gasteiger charge is -2.52. The van der Waals surface area contributed by atoms with Gasteiger partial charge in [0.15, 0.2) is 5.78 Å². The minimum absolute atomic E-state index is 0.0883. The van der Waals surface area contributed by atoms with Gasteiger partial charge in [0.1, 0.15) is 5.82 Å². The van der Waals surface area contributed by atoms with E-state index >= 15 is 0 Å². The molecule has 2 aromatic rings. The Hall–Kier alpha value is -2.49. The van der Waals surface area contributed by atoms with Gasteiger partial charge in [0.05, 0.1) is 16.4 Å². The second-order valence-corrected chi connectivity index (χ2v) is 10.1. The second-order valence-electron chi connectivity index (χ2n) is 10.1. The molecule has 0 N–H and O–H groups in total. The van der Waals surface area contributed by atoms with Crippen LogP contribution in [0.3, 0.4) is 0 Å². The number of hydrogen-bond acceptors (Lipinski definition) is 3. The number of ketones is 1. The molecule has 33 heavy (non-hydrogen) atoms. The van der Waals surface area contributed by atoms with E-state index in [0.29, 0.717) is 12.2 Å². The highest BCUT2D eigenvalue weighted by Crippen LogP contribution is 2.59. The molecule has 176 valence electrons. The number of benzene rings is 1. The van der Waals surface area contributed by atoms with E-state index in [1.165, 1.54) is 0 Å². The summed E-state index contributed by atoms with van der Waals surface area (Å²) in [6.07, 6.45) is 13.7. The summed E-state index contributed by atoms with van der Waals surface area (Å²) in [5.41, 5.74) is 2.84. The molecule has 2 aliphatic rings. The number of imidazole rings is 1. The number of nitrogens with zero attached hydrogens (tertiary/aromatic N) is 2. The first kappa shape index (κ1) is 23.7. The van der Waals surface area contributed by atoms with Crippen molar-refractivity contribution in [3.8, 4) is 0 Å². The molecule has 4 heteroatoms. The molecule has 0 radical (unpaired) electrons. The number of allylic oxidation sites excluding steroid dienone is 4. The SMILES string of the molecule is CCCCC(CCCC)(CCCC)C1(C)C(=O)n2c(nc3ccccc32)C2=C1C=CC(=O)C2. The number of aromatic nitrogens is 2. The van der Waals surface area contributed by atoms with Gasteiger partial charge in [-0.1, -0.05) is 77.5 Å². The van der Waals surface area contributed by atoms with Gasteiger partial charge in [-0.15, -0.1) is 0 Å². The third-order valence-electron chi connectivity index (χ3n) is 8.20. The summed E-state index contributed by atoms with van der Waals surface area (Å²) in [6, 6.07) is 7.88. The Kier molecular flexibility index (Phi) is 6.74. The average Bonchev–Trinajstić information content (AvgIpc) is 3.22. The largest absolute Gasteiger partial charge is 0.294 e. The zero-order valence-corrected chi connectivity index (χ0v) is 20.7. The number of fused-ring (bicyclic) bond motifs is 4. The molecule has 2 heterocycles. The predicted molar refractivity (Wildman–Crippen MR) is 135 cm³/mol. The summed E-state index contributed by atoms with van der Waals surface area (Å²) in [5, 5.41) is 0. The Morgan fingerprint density at radius 3 is 2.15 bits per heavy atom. The maximum atomic E-state index is 14.7. The van der Waals surface area contributed by atoms with Crippen molar-refractivity contribution in [1.29, 1.82) is 0 Å². The topological polar surface area (TPSA) is 52.0 Å². The normalized spacial score (nSPS) is 20.5. The van der Waals surface area contributed by atoms with Gasteiger partial charge in [-0.2, -0.15) is 0 Å². The van der Waals surface area contributed by atoms with Crippen molar-refractivity contribution in [2.45, 2.75) is 91.9 Å². The van der Waals surface area contributed by atoms with E-state index in [1.807, 2.05) is 34.9 Å². The molecule has 0 saturated carbocycles. The van der Waals surface area contributed by atoms with Gasteiger partial charge in [-0.25, -0.2) is 4.98 Å². The Bertz CT molecular complexity index is 1100. The molecule has 1 aliphatic heterocycles. The van der Waals surface area contributed by atoms with Crippen LogP contribution in [0.4, 0.5) is 0 Å². The minimum Gasteiger partial charge on any atom is -0.294 e. The van der Waals surface area contributed by atoms with Crippen LogP contribution in [0.5, 0.6) is 0 Å². The van der Waals surface area contributed by atoms with Crippen molar-refractivity contribution in [3.05, 3.63) is 47.8 Å². The third kappa shape index (κ3) is 3.72. The first-order valence-electron chi connectivity index (χ1n) is 12.9. The van der Waals surface area contributed by atoms with Crippen LogP contribution in [0.25, 0.3) is 16.6 Å². The predicted octanol–water partition coefficient (Wildman–Crippen LogP) is 7.54. The molecule has 1 aromatic heterocycles. The first-order valence-corrected chi connectivity index (χ1v) is 12.9.